The summed E-state index contributed by atoms with van der Waals surface area (Å²) in [7, 11) is 0. The van der Waals surface area contributed by atoms with Crippen LogP contribution in [0.2, 0.25) is 10.0 Å². The van der Waals surface area contributed by atoms with Crippen molar-refractivity contribution in [2.75, 3.05) is 32.8 Å². The van der Waals surface area contributed by atoms with E-state index in [0.29, 0.717) is 58.4 Å². The number of carbonyl (C=O) groups excluding carboxylic acids is 2. The number of piperazine rings is 1. The summed E-state index contributed by atoms with van der Waals surface area (Å²) in [6.45, 7) is 5.51. The van der Waals surface area contributed by atoms with E-state index in [9.17, 15) is 14.0 Å². The van der Waals surface area contributed by atoms with E-state index in [1.165, 1.54) is 24.3 Å². The molecule has 0 bridgehead atoms. The number of aromatic nitrogens is 1. The van der Waals surface area contributed by atoms with Gasteiger partial charge in [-0.05, 0) is 90.4 Å². The largest absolute Gasteiger partial charge is 0.487 e. The third kappa shape index (κ3) is 9.97. The molecule has 0 spiro atoms. The Hall–Kier alpha value is -5.22. The van der Waals surface area contributed by atoms with Crippen molar-refractivity contribution in [2.45, 2.75) is 20.1 Å². The third-order valence-electron chi connectivity index (χ3n) is 8.49. The number of aryl methyl sites for hydroxylation is 1. The molecule has 0 saturated carbocycles. The minimum atomic E-state index is -0.389. The SMILES string of the molecule is Cc1cc(C=CC(=O)N2CCN(Cc3ccc(OCC(=O)c4ccc(F)cc4)cc3)CC2)cc(Cl)c1Oc1ccc(OCc2ccccc2Cl)cn1. The molecule has 0 radical (unpaired) electrons. The maximum absolute atomic E-state index is 13.1. The van der Waals surface area contributed by atoms with Crippen LogP contribution in [0.5, 0.6) is 23.1 Å². The Labute approximate surface area is 312 Å². The van der Waals surface area contributed by atoms with E-state index in [0.717, 1.165) is 41.9 Å². The Morgan fingerprint density at radius 2 is 1.58 bits per heavy atom. The summed E-state index contributed by atoms with van der Waals surface area (Å²) in [6.07, 6.45) is 4.92. The maximum atomic E-state index is 13.1. The number of carbonyl (C=O) groups is 2. The Bertz CT molecular complexity index is 2010. The minimum absolute atomic E-state index is 0.0634. The van der Waals surface area contributed by atoms with Crippen molar-refractivity contribution in [1.29, 1.82) is 0 Å². The van der Waals surface area contributed by atoms with Gasteiger partial charge in [-0.2, -0.15) is 0 Å². The molecule has 2 heterocycles. The molecule has 1 aromatic heterocycles. The van der Waals surface area contributed by atoms with Gasteiger partial charge >= 0.3 is 0 Å². The van der Waals surface area contributed by atoms with Crippen LogP contribution in [-0.4, -0.2) is 59.3 Å². The molecule has 1 amide bonds. The van der Waals surface area contributed by atoms with Crippen LogP contribution in [0.1, 0.15) is 32.6 Å². The number of ether oxygens (including phenoxy) is 3. The number of ketones is 1. The fraction of sp³-hybridized carbons (Fsp3) is 0.195. The number of nitrogens with zero attached hydrogens (tertiary/aromatic N) is 3. The molecule has 0 unspecified atom stereocenters. The highest BCUT2D eigenvalue weighted by Crippen LogP contribution is 2.34. The zero-order valence-corrected chi connectivity index (χ0v) is 29.9. The monoisotopic (exact) mass is 739 g/mol. The minimum Gasteiger partial charge on any atom is -0.487 e. The quantitative estimate of drug-likeness (QED) is 0.0882. The Kier molecular flexibility index (Phi) is 12.2. The number of halogens is 3. The van der Waals surface area contributed by atoms with E-state index < -0.39 is 0 Å². The third-order valence-corrected chi connectivity index (χ3v) is 9.14. The van der Waals surface area contributed by atoms with Crippen LogP contribution in [0.25, 0.3) is 6.08 Å². The molecule has 1 aliphatic rings. The molecule has 1 fully saturated rings. The maximum Gasteiger partial charge on any atom is 0.246 e. The van der Waals surface area contributed by atoms with Crippen molar-refractivity contribution >= 4 is 41.0 Å². The second-order valence-corrected chi connectivity index (χ2v) is 13.1. The van der Waals surface area contributed by atoms with Crippen LogP contribution in [0.4, 0.5) is 4.39 Å². The van der Waals surface area contributed by atoms with Gasteiger partial charge in [0.05, 0.1) is 11.2 Å². The van der Waals surface area contributed by atoms with Crippen LogP contribution in [0.15, 0.2) is 109 Å². The van der Waals surface area contributed by atoms with Crippen molar-refractivity contribution in [3.63, 3.8) is 0 Å². The van der Waals surface area contributed by atoms with Crippen LogP contribution >= 0.6 is 23.2 Å². The molecular weight excluding hydrogens is 704 g/mol. The van der Waals surface area contributed by atoms with Crippen LogP contribution in [0.3, 0.4) is 0 Å². The fourth-order valence-corrected chi connectivity index (χ4v) is 6.10. The van der Waals surface area contributed by atoms with E-state index >= 15 is 0 Å². The number of Topliss-reactive ketones (excluding diaryl/α,β-unsaturated/α-hetero) is 1. The summed E-state index contributed by atoms with van der Waals surface area (Å²) < 4.78 is 30.5. The zero-order valence-electron chi connectivity index (χ0n) is 28.4. The number of pyridine rings is 1. The van der Waals surface area contributed by atoms with Gasteiger partial charge in [-0.15, -0.1) is 0 Å². The zero-order chi connectivity index (χ0) is 36.5. The first-order chi connectivity index (χ1) is 25.2. The molecule has 266 valence electrons. The molecule has 1 saturated heterocycles. The average Bonchev–Trinajstić information content (AvgIpc) is 3.15. The molecule has 4 aromatic carbocycles. The first-order valence-corrected chi connectivity index (χ1v) is 17.5. The molecule has 8 nitrogen and oxygen atoms in total. The molecule has 52 heavy (non-hydrogen) atoms. The lowest BCUT2D eigenvalue weighted by atomic mass is 10.1. The standard InChI is InChI=1S/C41H36Cl2FN3O5/c1-28-22-30(23-37(43)41(28)52-39-16-15-35(24-45-39)50-26-32-4-2-3-5-36(32)42)8-17-40(49)47-20-18-46(19-21-47)25-29-6-13-34(14-7-29)51-27-38(48)31-9-11-33(44)12-10-31/h2-17,22-24H,18-21,25-27H2,1H3. The second kappa shape index (κ2) is 17.3. The van der Waals surface area contributed by atoms with E-state index in [-0.39, 0.29) is 24.1 Å². The highest BCUT2D eigenvalue weighted by molar-refractivity contribution is 6.32. The predicted molar refractivity (Wildman–Crippen MR) is 200 cm³/mol. The summed E-state index contributed by atoms with van der Waals surface area (Å²) in [5.74, 6) is 1.34. The summed E-state index contributed by atoms with van der Waals surface area (Å²) >= 11 is 12.8. The number of benzene rings is 4. The van der Waals surface area contributed by atoms with E-state index in [2.05, 4.69) is 9.88 Å². The number of rotatable bonds is 13. The number of hydrogen-bond acceptors (Lipinski definition) is 7. The van der Waals surface area contributed by atoms with Crippen LogP contribution < -0.4 is 14.2 Å². The van der Waals surface area contributed by atoms with Gasteiger partial charge in [0.1, 0.15) is 23.9 Å². The van der Waals surface area contributed by atoms with Gasteiger partial charge in [0, 0.05) is 61.0 Å². The molecule has 1 aliphatic heterocycles. The highest BCUT2D eigenvalue weighted by atomic mass is 35.5. The molecule has 11 heteroatoms. The smallest absolute Gasteiger partial charge is 0.246 e. The number of amides is 1. The highest BCUT2D eigenvalue weighted by Gasteiger charge is 2.20. The number of hydrogen-bond donors (Lipinski definition) is 0. The lowest BCUT2D eigenvalue weighted by Crippen LogP contribution is -2.47. The summed E-state index contributed by atoms with van der Waals surface area (Å²) in [5.41, 5.74) is 3.96. The topological polar surface area (TPSA) is 81.2 Å². The molecule has 6 rings (SSSR count). The normalized spacial score (nSPS) is 13.3. The van der Waals surface area contributed by atoms with E-state index in [1.807, 2.05) is 66.4 Å². The first kappa shape index (κ1) is 36.6. The van der Waals surface area contributed by atoms with E-state index in [4.69, 9.17) is 37.4 Å². The van der Waals surface area contributed by atoms with Gasteiger partial charge in [-0.25, -0.2) is 9.37 Å². The van der Waals surface area contributed by atoms with E-state index in [1.54, 1.807) is 36.5 Å². The van der Waals surface area contributed by atoms with Gasteiger partial charge in [-0.3, -0.25) is 14.5 Å². The molecule has 0 aliphatic carbocycles. The van der Waals surface area contributed by atoms with Gasteiger partial charge in [0.2, 0.25) is 11.8 Å². The van der Waals surface area contributed by atoms with Crippen LogP contribution in [0, 0.1) is 12.7 Å². The Morgan fingerprint density at radius 3 is 2.27 bits per heavy atom. The lowest BCUT2D eigenvalue weighted by Gasteiger charge is -2.34. The summed E-state index contributed by atoms with van der Waals surface area (Å²) in [6, 6.07) is 27.6. The van der Waals surface area contributed by atoms with Crippen molar-refractivity contribution in [3.05, 3.63) is 153 Å². The fourth-order valence-electron chi connectivity index (χ4n) is 5.59. The van der Waals surface area contributed by atoms with Gasteiger partial charge in [-0.1, -0.05) is 53.5 Å². The Balaban J connectivity index is 0.940. The predicted octanol–water partition coefficient (Wildman–Crippen LogP) is 8.83. The van der Waals surface area contributed by atoms with Gasteiger partial charge in [0.25, 0.3) is 0 Å². The van der Waals surface area contributed by atoms with Gasteiger partial charge in [0.15, 0.2) is 18.1 Å². The van der Waals surface area contributed by atoms with Gasteiger partial charge < -0.3 is 19.1 Å². The molecular formula is C41H36Cl2FN3O5. The summed E-state index contributed by atoms with van der Waals surface area (Å²) in [5, 5.41) is 1.04. The Morgan fingerprint density at radius 1 is 0.846 bits per heavy atom. The van der Waals surface area contributed by atoms with Crippen molar-refractivity contribution < 1.29 is 28.2 Å². The van der Waals surface area contributed by atoms with Crippen molar-refractivity contribution in [3.8, 4) is 23.1 Å². The molecule has 5 aromatic rings. The van der Waals surface area contributed by atoms with Crippen molar-refractivity contribution in [1.82, 2.24) is 14.8 Å². The van der Waals surface area contributed by atoms with Crippen LogP contribution in [-0.2, 0) is 17.9 Å². The average molecular weight is 741 g/mol. The van der Waals surface area contributed by atoms with Crippen molar-refractivity contribution in [2.24, 2.45) is 0 Å². The molecule has 0 atom stereocenters. The molecule has 0 N–H and O–H groups in total. The summed E-state index contributed by atoms with van der Waals surface area (Å²) in [4.78, 5) is 33.8. The first-order valence-electron chi connectivity index (χ1n) is 16.7. The second-order valence-electron chi connectivity index (χ2n) is 12.3. The lowest BCUT2D eigenvalue weighted by molar-refractivity contribution is -0.127.